The van der Waals surface area contributed by atoms with Crippen LogP contribution in [-0.4, -0.2) is 19.1 Å². The molecule has 2 amide bonds. The second-order valence-electron chi connectivity index (χ2n) is 6.42. The Balaban J connectivity index is 1.62. The summed E-state index contributed by atoms with van der Waals surface area (Å²) in [6.07, 6.45) is -4.64. The van der Waals surface area contributed by atoms with E-state index in [-0.39, 0.29) is 5.69 Å². The van der Waals surface area contributed by atoms with Crippen LogP contribution in [0.15, 0.2) is 66.7 Å². The van der Waals surface area contributed by atoms with Gasteiger partial charge in [0.05, 0.1) is 23.3 Å². The Morgan fingerprint density at radius 1 is 0.875 bits per heavy atom. The molecule has 3 rings (SSSR count). The number of nitrogens with one attached hydrogen (secondary N) is 2. The number of alkyl halides is 3. The summed E-state index contributed by atoms with van der Waals surface area (Å²) in [6, 6.07) is 15.0. The summed E-state index contributed by atoms with van der Waals surface area (Å²) in [4.78, 5) is 23.7. The van der Waals surface area contributed by atoms with Crippen LogP contribution in [0.1, 0.15) is 15.9 Å². The predicted octanol–water partition coefficient (Wildman–Crippen LogP) is 6.58. The lowest BCUT2D eigenvalue weighted by atomic mass is 10.2. The average Bonchev–Trinajstić information content (AvgIpc) is 2.75. The summed E-state index contributed by atoms with van der Waals surface area (Å²) in [5, 5.41) is 4.37. The average molecular weight is 465 g/mol. The van der Waals surface area contributed by atoms with E-state index in [1.165, 1.54) is 19.2 Å². The number of esters is 1. The molecule has 0 radical (unpaired) electrons. The molecular weight excluding hydrogens is 449 g/mol. The van der Waals surface area contributed by atoms with Gasteiger partial charge in [0.2, 0.25) is 0 Å². The maximum Gasteiger partial charge on any atom is 0.417 e. The summed E-state index contributed by atoms with van der Waals surface area (Å²) in [6.45, 7) is 0. The molecule has 0 spiro atoms. The van der Waals surface area contributed by atoms with Gasteiger partial charge in [0.15, 0.2) is 0 Å². The van der Waals surface area contributed by atoms with Gasteiger partial charge in [-0.25, -0.2) is 9.59 Å². The number of anilines is 2. The van der Waals surface area contributed by atoms with E-state index < -0.39 is 28.8 Å². The number of hydrogen-bond acceptors (Lipinski definition) is 4. The lowest BCUT2D eigenvalue weighted by Crippen LogP contribution is -2.19. The van der Waals surface area contributed by atoms with E-state index in [1.54, 1.807) is 42.5 Å². The molecule has 0 saturated heterocycles. The Kier molecular flexibility index (Phi) is 6.89. The van der Waals surface area contributed by atoms with Crippen LogP contribution in [0.3, 0.4) is 0 Å². The fourth-order valence-electron chi connectivity index (χ4n) is 2.66. The number of ether oxygens (including phenoxy) is 2. The third-order valence-electron chi connectivity index (χ3n) is 4.13. The predicted molar refractivity (Wildman–Crippen MR) is 113 cm³/mol. The van der Waals surface area contributed by atoms with Crippen molar-refractivity contribution in [3.63, 3.8) is 0 Å². The lowest BCUT2D eigenvalue weighted by Gasteiger charge is -2.12. The first-order chi connectivity index (χ1) is 15.2. The van der Waals surface area contributed by atoms with Crippen LogP contribution in [0.2, 0.25) is 5.02 Å². The smallest absolute Gasteiger partial charge is 0.417 e. The number of rotatable bonds is 5. The Morgan fingerprint density at radius 3 is 2.19 bits per heavy atom. The van der Waals surface area contributed by atoms with Crippen LogP contribution in [-0.2, 0) is 10.9 Å². The van der Waals surface area contributed by atoms with Crippen molar-refractivity contribution in [3.8, 4) is 11.5 Å². The summed E-state index contributed by atoms with van der Waals surface area (Å²) in [5.74, 6) is 0.351. The Labute approximate surface area is 185 Å². The van der Waals surface area contributed by atoms with E-state index in [1.807, 2.05) is 0 Å². The lowest BCUT2D eigenvalue weighted by molar-refractivity contribution is -0.137. The molecule has 0 saturated carbocycles. The van der Waals surface area contributed by atoms with Crippen LogP contribution in [0.25, 0.3) is 0 Å². The molecule has 0 aromatic heterocycles. The highest BCUT2D eigenvalue weighted by molar-refractivity contribution is 6.31. The van der Waals surface area contributed by atoms with Crippen molar-refractivity contribution < 1.29 is 32.2 Å². The first kappa shape index (κ1) is 23.0. The summed E-state index contributed by atoms with van der Waals surface area (Å²) < 4.78 is 49.2. The normalized spacial score (nSPS) is 10.9. The van der Waals surface area contributed by atoms with E-state index in [9.17, 15) is 22.8 Å². The van der Waals surface area contributed by atoms with Crippen molar-refractivity contribution in [1.29, 1.82) is 0 Å². The van der Waals surface area contributed by atoms with Gasteiger partial charge < -0.3 is 20.1 Å². The fourth-order valence-corrected chi connectivity index (χ4v) is 2.89. The third-order valence-corrected chi connectivity index (χ3v) is 4.46. The van der Waals surface area contributed by atoms with Crippen LogP contribution in [0, 0.1) is 0 Å². The molecule has 3 aromatic rings. The summed E-state index contributed by atoms with van der Waals surface area (Å²) >= 11 is 5.57. The molecule has 0 unspecified atom stereocenters. The minimum absolute atomic E-state index is 0.0651. The Hall–Kier alpha value is -3.72. The molecule has 0 heterocycles. The molecule has 3 aromatic carbocycles. The van der Waals surface area contributed by atoms with Gasteiger partial charge in [-0.2, -0.15) is 13.2 Å². The topological polar surface area (TPSA) is 76.7 Å². The van der Waals surface area contributed by atoms with Crippen LogP contribution in [0.5, 0.6) is 11.5 Å². The zero-order valence-corrected chi connectivity index (χ0v) is 17.3. The van der Waals surface area contributed by atoms with Crippen LogP contribution < -0.4 is 15.4 Å². The number of methoxy groups -OCH3 is 1. The molecule has 166 valence electrons. The SMILES string of the molecule is COC(=O)c1cccc(Oc2ccc(NC(=O)Nc3ccc(Cl)c(C(F)(F)F)c3)cc2)c1. The number of urea groups is 1. The van der Waals surface area contributed by atoms with Crippen LogP contribution in [0.4, 0.5) is 29.3 Å². The number of carbonyl (C=O) groups excluding carboxylic acids is 2. The largest absolute Gasteiger partial charge is 0.465 e. The van der Waals surface area contributed by atoms with E-state index >= 15 is 0 Å². The van der Waals surface area contributed by atoms with Gasteiger partial charge in [-0.05, 0) is 60.7 Å². The van der Waals surface area contributed by atoms with Crippen molar-refractivity contribution in [2.24, 2.45) is 0 Å². The summed E-state index contributed by atoms with van der Waals surface area (Å²) in [7, 11) is 1.28. The quantitative estimate of drug-likeness (QED) is 0.418. The van der Waals surface area contributed by atoms with Gasteiger partial charge in [-0.3, -0.25) is 0 Å². The van der Waals surface area contributed by atoms with Gasteiger partial charge in [0.25, 0.3) is 0 Å². The van der Waals surface area contributed by atoms with Crippen molar-refractivity contribution in [2.75, 3.05) is 17.7 Å². The van der Waals surface area contributed by atoms with Crippen molar-refractivity contribution in [3.05, 3.63) is 82.9 Å². The molecular formula is C22H16ClF3N2O4. The monoisotopic (exact) mass is 464 g/mol. The van der Waals surface area contributed by atoms with E-state index in [4.69, 9.17) is 16.3 Å². The Bertz CT molecular complexity index is 1130. The zero-order valence-electron chi connectivity index (χ0n) is 16.5. The number of hydrogen-bond donors (Lipinski definition) is 2. The van der Waals surface area contributed by atoms with Gasteiger partial charge in [0, 0.05) is 11.4 Å². The van der Waals surface area contributed by atoms with Crippen molar-refractivity contribution >= 4 is 35.0 Å². The second kappa shape index (κ2) is 9.61. The minimum Gasteiger partial charge on any atom is -0.465 e. The fraction of sp³-hybridized carbons (Fsp3) is 0.0909. The number of benzene rings is 3. The minimum atomic E-state index is -4.64. The molecule has 0 atom stereocenters. The molecule has 0 bridgehead atoms. The maximum absolute atomic E-state index is 12.9. The summed E-state index contributed by atoms with van der Waals surface area (Å²) in [5.41, 5.74) is -0.404. The van der Waals surface area contributed by atoms with Crippen molar-refractivity contribution in [1.82, 2.24) is 0 Å². The number of amides is 2. The first-order valence-electron chi connectivity index (χ1n) is 9.07. The second-order valence-corrected chi connectivity index (χ2v) is 6.82. The standard InChI is InChI=1S/C22H16ClF3N2O4/c1-31-20(29)13-3-2-4-17(11-13)32-16-8-5-14(6-9-16)27-21(30)28-15-7-10-19(23)18(12-15)22(24,25)26/h2-12H,1H3,(H2,27,28,30). The molecule has 0 fully saturated rings. The third kappa shape index (κ3) is 5.92. The highest BCUT2D eigenvalue weighted by Gasteiger charge is 2.33. The molecule has 32 heavy (non-hydrogen) atoms. The Morgan fingerprint density at radius 2 is 1.53 bits per heavy atom. The van der Waals surface area contributed by atoms with Gasteiger partial charge in [0.1, 0.15) is 11.5 Å². The molecule has 0 aliphatic rings. The molecule has 6 nitrogen and oxygen atoms in total. The van der Waals surface area contributed by atoms with Gasteiger partial charge in [-0.1, -0.05) is 17.7 Å². The highest BCUT2D eigenvalue weighted by atomic mass is 35.5. The molecule has 0 aliphatic carbocycles. The number of halogens is 4. The van der Waals surface area contributed by atoms with Gasteiger partial charge in [-0.15, -0.1) is 0 Å². The maximum atomic E-state index is 12.9. The first-order valence-corrected chi connectivity index (χ1v) is 9.44. The highest BCUT2D eigenvalue weighted by Crippen LogP contribution is 2.36. The molecule has 0 aliphatic heterocycles. The van der Waals surface area contributed by atoms with E-state index in [2.05, 4.69) is 15.4 Å². The van der Waals surface area contributed by atoms with Gasteiger partial charge >= 0.3 is 18.2 Å². The zero-order chi connectivity index (χ0) is 23.3. The molecule has 2 N–H and O–H groups in total. The number of carbonyl (C=O) groups is 2. The molecule has 10 heteroatoms. The van der Waals surface area contributed by atoms with E-state index in [0.29, 0.717) is 22.7 Å². The van der Waals surface area contributed by atoms with Crippen molar-refractivity contribution in [2.45, 2.75) is 6.18 Å². The van der Waals surface area contributed by atoms with Crippen LogP contribution >= 0.6 is 11.6 Å². The van der Waals surface area contributed by atoms with E-state index in [0.717, 1.165) is 12.1 Å².